The summed E-state index contributed by atoms with van der Waals surface area (Å²) >= 11 is 6.60. The molecule has 1 aromatic rings. The van der Waals surface area contributed by atoms with Crippen LogP contribution in [0.2, 0.25) is 5.02 Å². The molecule has 35 heavy (non-hydrogen) atoms. The van der Waals surface area contributed by atoms with Gasteiger partial charge in [0.15, 0.2) is 0 Å². The predicted molar refractivity (Wildman–Crippen MR) is 138 cm³/mol. The lowest BCUT2D eigenvalue weighted by Crippen LogP contribution is -2.46. The van der Waals surface area contributed by atoms with Crippen molar-refractivity contribution in [1.29, 1.82) is 0 Å². The molecule has 3 unspecified atom stereocenters. The summed E-state index contributed by atoms with van der Waals surface area (Å²) in [5, 5.41) is 3.33. The fourth-order valence-corrected chi connectivity index (χ4v) is 4.88. The first-order valence-electron chi connectivity index (χ1n) is 12.1. The van der Waals surface area contributed by atoms with Crippen molar-refractivity contribution in [3.8, 4) is 5.75 Å². The Labute approximate surface area is 213 Å². The van der Waals surface area contributed by atoms with E-state index in [1.165, 1.54) is 0 Å². The van der Waals surface area contributed by atoms with Crippen LogP contribution in [0.25, 0.3) is 0 Å². The minimum atomic E-state index is -0.517. The molecule has 1 N–H and O–H groups in total. The molecular formula is C27H37ClN2O5. The van der Waals surface area contributed by atoms with Gasteiger partial charge in [0.05, 0.1) is 18.4 Å². The van der Waals surface area contributed by atoms with Gasteiger partial charge < -0.3 is 24.4 Å². The van der Waals surface area contributed by atoms with Gasteiger partial charge in [-0.25, -0.2) is 4.79 Å². The molecule has 2 aliphatic rings. The normalized spacial score (nSPS) is 29.0. The molecule has 2 heterocycles. The van der Waals surface area contributed by atoms with Crippen molar-refractivity contribution in [3.05, 3.63) is 46.5 Å². The van der Waals surface area contributed by atoms with Crippen LogP contribution in [0.5, 0.6) is 5.75 Å². The summed E-state index contributed by atoms with van der Waals surface area (Å²) in [7, 11) is 4.97. The number of benzene rings is 1. The highest BCUT2D eigenvalue weighted by Crippen LogP contribution is 2.37. The Balaban J connectivity index is 1.92. The SMILES string of the molecule is COc1cc2cc(c1Cl)N(C)C(=O)CCC(C)(OC)CCC1CC(C/C=C/C=C(\C)C2)NC(=O)O1. The number of nitrogens with one attached hydrogen (secondary N) is 1. The molecule has 2 amide bonds. The highest BCUT2D eigenvalue weighted by Gasteiger charge is 2.32. The van der Waals surface area contributed by atoms with Gasteiger partial charge in [0.25, 0.3) is 0 Å². The van der Waals surface area contributed by atoms with Crippen LogP contribution in [0.3, 0.4) is 0 Å². The van der Waals surface area contributed by atoms with Crippen molar-refractivity contribution in [2.24, 2.45) is 0 Å². The fourth-order valence-electron chi connectivity index (χ4n) is 4.57. The van der Waals surface area contributed by atoms with Crippen LogP contribution < -0.4 is 15.0 Å². The molecule has 0 aromatic heterocycles. The number of carbonyl (C=O) groups excluding carboxylic acids is 2. The van der Waals surface area contributed by atoms with Crippen LogP contribution in [0.1, 0.15) is 57.9 Å². The Morgan fingerprint density at radius 3 is 2.71 bits per heavy atom. The molecule has 3 atom stereocenters. The van der Waals surface area contributed by atoms with Gasteiger partial charge in [0.2, 0.25) is 5.91 Å². The van der Waals surface area contributed by atoms with Gasteiger partial charge in [0, 0.05) is 33.0 Å². The van der Waals surface area contributed by atoms with E-state index in [0.717, 1.165) is 24.0 Å². The monoisotopic (exact) mass is 504 g/mol. The van der Waals surface area contributed by atoms with Crippen molar-refractivity contribution in [2.75, 3.05) is 26.2 Å². The Bertz CT molecular complexity index is 992. The van der Waals surface area contributed by atoms with E-state index in [1.54, 1.807) is 26.2 Å². The van der Waals surface area contributed by atoms with E-state index in [2.05, 4.69) is 24.4 Å². The number of amides is 2. The van der Waals surface area contributed by atoms with Gasteiger partial charge in [-0.3, -0.25) is 4.79 Å². The van der Waals surface area contributed by atoms with Crippen molar-refractivity contribution < 1.29 is 23.8 Å². The molecule has 0 saturated carbocycles. The maximum absolute atomic E-state index is 13.2. The first-order valence-corrected chi connectivity index (χ1v) is 12.5. The van der Waals surface area contributed by atoms with Crippen molar-refractivity contribution in [2.45, 2.75) is 76.5 Å². The molecule has 0 aliphatic carbocycles. The Kier molecular flexibility index (Phi) is 9.25. The van der Waals surface area contributed by atoms with E-state index in [1.807, 2.05) is 25.1 Å². The van der Waals surface area contributed by atoms with Crippen molar-refractivity contribution >= 4 is 29.3 Å². The molecule has 1 fully saturated rings. The summed E-state index contributed by atoms with van der Waals surface area (Å²) in [6, 6.07) is 3.89. The number of ether oxygens (including phenoxy) is 3. The topological polar surface area (TPSA) is 77.1 Å². The number of nitrogens with zero attached hydrogens (tertiary/aromatic N) is 1. The smallest absolute Gasteiger partial charge is 0.407 e. The number of carbonyl (C=O) groups is 2. The third kappa shape index (κ3) is 7.24. The second-order valence-electron chi connectivity index (χ2n) is 9.73. The van der Waals surface area contributed by atoms with E-state index in [4.69, 9.17) is 25.8 Å². The standard InChI is InChI=1S/C27H37ClN2O5/c1-18-8-6-7-9-20-17-21(35-26(32)29-20)10-12-27(2,34-5)13-11-24(31)30(3)22-15-19(14-18)16-23(33-4)25(22)28/h6-8,15-16,20-21H,9-14,17H2,1-5H3,(H,29,32)/b7-6+,18-8+. The van der Waals surface area contributed by atoms with E-state index < -0.39 is 5.60 Å². The highest BCUT2D eigenvalue weighted by atomic mass is 35.5. The number of halogens is 1. The number of anilines is 1. The summed E-state index contributed by atoms with van der Waals surface area (Å²) in [5.41, 5.74) is 2.25. The third-order valence-corrected chi connectivity index (χ3v) is 7.33. The van der Waals surface area contributed by atoms with Crippen molar-refractivity contribution in [1.82, 2.24) is 5.32 Å². The summed E-state index contributed by atoms with van der Waals surface area (Å²) in [4.78, 5) is 26.9. The minimum Gasteiger partial charge on any atom is -0.495 e. The molecule has 8 heteroatoms. The third-order valence-electron chi connectivity index (χ3n) is 6.95. The molecular weight excluding hydrogens is 468 g/mol. The number of hydrogen-bond acceptors (Lipinski definition) is 5. The quantitative estimate of drug-likeness (QED) is 0.567. The van der Waals surface area contributed by atoms with Crippen LogP contribution in [-0.4, -0.2) is 51.0 Å². The summed E-state index contributed by atoms with van der Waals surface area (Å²) in [6.45, 7) is 4.05. The molecule has 1 saturated heterocycles. The van der Waals surface area contributed by atoms with Gasteiger partial charge in [0.1, 0.15) is 16.9 Å². The number of methoxy groups -OCH3 is 2. The Hall–Kier alpha value is -2.51. The van der Waals surface area contributed by atoms with Crippen LogP contribution in [0.4, 0.5) is 10.5 Å². The lowest BCUT2D eigenvalue weighted by atomic mass is 9.90. The summed E-state index contributed by atoms with van der Waals surface area (Å²) < 4.78 is 16.8. The average molecular weight is 505 g/mol. The largest absolute Gasteiger partial charge is 0.495 e. The maximum atomic E-state index is 13.2. The van der Waals surface area contributed by atoms with E-state index in [9.17, 15) is 9.59 Å². The van der Waals surface area contributed by atoms with Crippen LogP contribution >= 0.6 is 11.6 Å². The van der Waals surface area contributed by atoms with Crippen molar-refractivity contribution in [3.63, 3.8) is 0 Å². The molecule has 0 radical (unpaired) electrons. The Morgan fingerprint density at radius 1 is 1.23 bits per heavy atom. The first kappa shape index (κ1) is 27.1. The van der Waals surface area contributed by atoms with Crippen LogP contribution in [0, 0.1) is 0 Å². The van der Waals surface area contributed by atoms with Gasteiger partial charge in [-0.05, 0) is 63.6 Å². The maximum Gasteiger partial charge on any atom is 0.407 e. The number of allylic oxidation sites excluding steroid dienone is 3. The average Bonchev–Trinajstić information content (AvgIpc) is 2.83. The summed E-state index contributed by atoms with van der Waals surface area (Å²) in [5.74, 6) is 0.480. The van der Waals surface area contributed by atoms with Gasteiger partial charge in [-0.15, -0.1) is 0 Å². The lowest BCUT2D eigenvalue weighted by molar-refractivity contribution is -0.120. The number of hydrogen-bond donors (Lipinski definition) is 1. The lowest BCUT2D eigenvalue weighted by Gasteiger charge is -2.33. The molecule has 0 spiro atoms. The second-order valence-corrected chi connectivity index (χ2v) is 10.1. The Morgan fingerprint density at radius 2 is 2.00 bits per heavy atom. The van der Waals surface area contributed by atoms with Gasteiger partial charge in [-0.2, -0.15) is 0 Å². The van der Waals surface area contributed by atoms with Crippen LogP contribution in [-0.2, 0) is 20.7 Å². The van der Waals surface area contributed by atoms with E-state index in [0.29, 0.717) is 48.6 Å². The van der Waals surface area contributed by atoms with E-state index in [-0.39, 0.29) is 24.1 Å². The number of fused-ring (bicyclic) bond motifs is 4. The molecule has 3 rings (SSSR count). The van der Waals surface area contributed by atoms with Gasteiger partial charge >= 0.3 is 6.09 Å². The number of rotatable bonds is 2. The molecule has 2 aliphatic heterocycles. The molecule has 1 aromatic carbocycles. The zero-order valence-corrected chi connectivity index (χ0v) is 22.1. The fraction of sp³-hybridized carbons (Fsp3) is 0.556. The number of alkyl carbamates (subject to hydrolysis) is 1. The zero-order valence-electron chi connectivity index (χ0n) is 21.4. The van der Waals surface area contributed by atoms with Crippen LogP contribution in [0.15, 0.2) is 35.9 Å². The molecule has 192 valence electrons. The minimum absolute atomic E-state index is 0.0282. The second kappa shape index (κ2) is 12.0. The summed E-state index contributed by atoms with van der Waals surface area (Å²) in [6.07, 6.45) is 9.93. The highest BCUT2D eigenvalue weighted by molar-refractivity contribution is 6.35. The van der Waals surface area contributed by atoms with Gasteiger partial charge in [-0.1, -0.05) is 35.4 Å². The predicted octanol–water partition coefficient (Wildman–Crippen LogP) is 5.59. The van der Waals surface area contributed by atoms with E-state index >= 15 is 0 Å². The molecule has 4 bridgehead atoms. The zero-order chi connectivity index (χ0) is 25.6. The molecule has 7 nitrogen and oxygen atoms in total. The first-order chi connectivity index (χ1) is 16.6.